The van der Waals surface area contributed by atoms with Crippen molar-refractivity contribution < 1.29 is 14.3 Å². The maximum Gasteiger partial charge on any atom is 0.340 e. The Balaban J connectivity index is 2.31. The summed E-state index contributed by atoms with van der Waals surface area (Å²) < 4.78 is 10.5. The van der Waals surface area contributed by atoms with E-state index in [1.807, 2.05) is 31.2 Å². The Hall–Kier alpha value is -2.49. The summed E-state index contributed by atoms with van der Waals surface area (Å²) in [6, 6.07) is 11.2. The van der Waals surface area contributed by atoms with Crippen LogP contribution < -0.4 is 10.5 Å². The summed E-state index contributed by atoms with van der Waals surface area (Å²) in [5.41, 5.74) is 8.65. The van der Waals surface area contributed by atoms with Gasteiger partial charge in [0, 0.05) is 5.69 Å². The van der Waals surface area contributed by atoms with E-state index < -0.39 is 5.97 Å². The van der Waals surface area contributed by atoms with Crippen molar-refractivity contribution in [1.29, 1.82) is 0 Å². The van der Waals surface area contributed by atoms with Crippen molar-refractivity contribution in [2.24, 2.45) is 0 Å². The van der Waals surface area contributed by atoms with Gasteiger partial charge in [-0.05, 0) is 48.7 Å². The van der Waals surface area contributed by atoms with E-state index in [0.717, 1.165) is 12.0 Å². The molecule has 0 spiro atoms. The summed E-state index contributed by atoms with van der Waals surface area (Å²) in [4.78, 5) is 11.7. The van der Waals surface area contributed by atoms with Gasteiger partial charge >= 0.3 is 5.97 Å². The lowest BCUT2D eigenvalue weighted by Gasteiger charge is -2.12. The highest BCUT2D eigenvalue weighted by molar-refractivity contribution is 5.96. The fourth-order valence-corrected chi connectivity index (χ4v) is 2.03. The van der Waals surface area contributed by atoms with E-state index >= 15 is 0 Å². The molecule has 0 saturated heterocycles. The quantitative estimate of drug-likeness (QED) is 0.687. The summed E-state index contributed by atoms with van der Waals surface area (Å²) in [5, 5.41) is 0. The van der Waals surface area contributed by atoms with Crippen LogP contribution in [0.25, 0.3) is 0 Å². The summed E-state index contributed by atoms with van der Waals surface area (Å²) in [6.45, 7) is 3.93. The molecule has 2 N–H and O–H groups in total. The molecule has 0 atom stereocenters. The Morgan fingerprint density at radius 2 is 1.81 bits per heavy atom. The predicted octanol–water partition coefficient (Wildman–Crippen LogP) is 3.72. The summed E-state index contributed by atoms with van der Waals surface area (Å²) in [5.74, 6) is 0.806. The first kappa shape index (κ1) is 14.9. The summed E-state index contributed by atoms with van der Waals surface area (Å²) in [7, 11) is 1.33. The van der Waals surface area contributed by atoms with Crippen LogP contribution in [0.1, 0.15) is 28.4 Å². The second-order valence-corrected chi connectivity index (χ2v) is 4.79. The third-order valence-corrected chi connectivity index (χ3v) is 3.33. The van der Waals surface area contributed by atoms with Gasteiger partial charge in [0.25, 0.3) is 0 Å². The average Bonchev–Trinajstić information content (AvgIpc) is 2.50. The molecule has 0 heterocycles. The van der Waals surface area contributed by atoms with Gasteiger partial charge in [0.2, 0.25) is 0 Å². The molecule has 0 radical (unpaired) electrons. The summed E-state index contributed by atoms with van der Waals surface area (Å²) >= 11 is 0. The number of nitrogens with two attached hydrogens (primary N) is 1. The van der Waals surface area contributed by atoms with Crippen molar-refractivity contribution in [2.45, 2.75) is 20.3 Å². The van der Waals surface area contributed by atoms with Gasteiger partial charge in [0.05, 0.1) is 12.7 Å². The maximum absolute atomic E-state index is 11.7. The minimum atomic E-state index is -0.470. The van der Waals surface area contributed by atoms with Gasteiger partial charge in [-0.15, -0.1) is 0 Å². The number of aryl methyl sites for hydroxylation is 2. The zero-order chi connectivity index (χ0) is 15.4. The molecule has 2 rings (SSSR count). The number of carbonyl (C=O) groups is 1. The van der Waals surface area contributed by atoms with Crippen LogP contribution in [0.3, 0.4) is 0 Å². The van der Waals surface area contributed by atoms with Gasteiger partial charge in [-0.2, -0.15) is 0 Å². The van der Waals surface area contributed by atoms with E-state index in [2.05, 4.69) is 6.92 Å². The van der Waals surface area contributed by atoms with E-state index in [4.69, 9.17) is 15.2 Å². The molecule has 0 aliphatic heterocycles. The Labute approximate surface area is 124 Å². The number of benzene rings is 2. The molecule has 2 aromatic carbocycles. The molecule has 21 heavy (non-hydrogen) atoms. The molecule has 0 aliphatic carbocycles. The van der Waals surface area contributed by atoms with Crippen molar-refractivity contribution in [3.63, 3.8) is 0 Å². The molecular formula is C17H19NO3. The highest BCUT2D eigenvalue weighted by Gasteiger charge is 2.14. The van der Waals surface area contributed by atoms with Gasteiger partial charge in [-0.3, -0.25) is 0 Å². The maximum atomic E-state index is 11.7. The van der Waals surface area contributed by atoms with Crippen LogP contribution >= 0.6 is 0 Å². The van der Waals surface area contributed by atoms with Gasteiger partial charge in [0.1, 0.15) is 11.5 Å². The SMILES string of the molecule is CCc1ccc(Oc2cc(C)c(N)c(C(=O)OC)c2)cc1. The molecule has 4 heteroatoms. The van der Waals surface area contributed by atoms with Crippen LogP contribution in [0, 0.1) is 6.92 Å². The summed E-state index contributed by atoms with van der Waals surface area (Å²) in [6.07, 6.45) is 0.980. The molecule has 0 bridgehead atoms. The number of ether oxygens (including phenoxy) is 2. The van der Waals surface area contributed by atoms with Crippen LogP contribution in [-0.2, 0) is 11.2 Å². The normalized spacial score (nSPS) is 10.2. The zero-order valence-corrected chi connectivity index (χ0v) is 12.5. The lowest BCUT2D eigenvalue weighted by atomic mass is 10.1. The highest BCUT2D eigenvalue weighted by Crippen LogP contribution is 2.28. The lowest BCUT2D eigenvalue weighted by molar-refractivity contribution is 0.0601. The van der Waals surface area contributed by atoms with E-state index in [1.54, 1.807) is 12.1 Å². The first-order valence-electron chi connectivity index (χ1n) is 6.80. The highest BCUT2D eigenvalue weighted by atomic mass is 16.5. The molecule has 0 fully saturated rings. The number of rotatable bonds is 4. The third kappa shape index (κ3) is 3.34. The van der Waals surface area contributed by atoms with Crippen molar-refractivity contribution >= 4 is 11.7 Å². The van der Waals surface area contributed by atoms with Crippen LogP contribution in [0.4, 0.5) is 5.69 Å². The first-order chi connectivity index (χ1) is 10.0. The molecule has 110 valence electrons. The Bertz CT molecular complexity index is 648. The van der Waals surface area contributed by atoms with E-state index in [-0.39, 0.29) is 0 Å². The minimum absolute atomic E-state index is 0.317. The van der Waals surface area contributed by atoms with Gasteiger partial charge < -0.3 is 15.2 Å². The van der Waals surface area contributed by atoms with Crippen LogP contribution in [0.2, 0.25) is 0 Å². The third-order valence-electron chi connectivity index (χ3n) is 3.33. The van der Waals surface area contributed by atoms with Crippen molar-refractivity contribution in [3.05, 3.63) is 53.1 Å². The molecule has 0 unspecified atom stereocenters. The van der Waals surface area contributed by atoms with Crippen LogP contribution in [0.15, 0.2) is 36.4 Å². The molecule has 2 aromatic rings. The lowest BCUT2D eigenvalue weighted by Crippen LogP contribution is -2.07. The van der Waals surface area contributed by atoms with E-state index in [9.17, 15) is 4.79 Å². The van der Waals surface area contributed by atoms with Gasteiger partial charge in [-0.25, -0.2) is 4.79 Å². The number of esters is 1. The number of carbonyl (C=O) groups excluding carboxylic acids is 1. The second kappa shape index (κ2) is 6.31. The van der Waals surface area contributed by atoms with E-state index in [1.165, 1.54) is 12.7 Å². The average molecular weight is 285 g/mol. The number of hydrogen-bond donors (Lipinski definition) is 1. The first-order valence-corrected chi connectivity index (χ1v) is 6.80. The van der Waals surface area contributed by atoms with Gasteiger partial charge in [0.15, 0.2) is 0 Å². The molecule has 0 aromatic heterocycles. The van der Waals surface area contributed by atoms with Crippen LogP contribution in [-0.4, -0.2) is 13.1 Å². The molecular weight excluding hydrogens is 266 g/mol. The topological polar surface area (TPSA) is 61.5 Å². The number of hydrogen-bond acceptors (Lipinski definition) is 4. The Morgan fingerprint density at radius 1 is 1.14 bits per heavy atom. The van der Waals surface area contributed by atoms with Crippen LogP contribution in [0.5, 0.6) is 11.5 Å². The largest absolute Gasteiger partial charge is 0.465 e. The molecule has 0 saturated carbocycles. The minimum Gasteiger partial charge on any atom is -0.465 e. The van der Waals surface area contributed by atoms with E-state index in [0.29, 0.717) is 22.7 Å². The van der Waals surface area contributed by atoms with Crippen molar-refractivity contribution in [1.82, 2.24) is 0 Å². The molecule has 4 nitrogen and oxygen atoms in total. The standard InChI is InChI=1S/C17H19NO3/c1-4-12-5-7-13(8-6-12)21-14-9-11(2)16(18)15(10-14)17(19)20-3/h5-10H,4,18H2,1-3H3. The fourth-order valence-electron chi connectivity index (χ4n) is 2.03. The smallest absolute Gasteiger partial charge is 0.340 e. The number of anilines is 1. The Morgan fingerprint density at radius 3 is 2.38 bits per heavy atom. The van der Waals surface area contributed by atoms with Crippen molar-refractivity contribution in [2.75, 3.05) is 12.8 Å². The number of nitrogen functional groups attached to an aromatic ring is 1. The second-order valence-electron chi connectivity index (χ2n) is 4.79. The number of methoxy groups -OCH3 is 1. The van der Waals surface area contributed by atoms with Gasteiger partial charge in [-0.1, -0.05) is 19.1 Å². The molecule has 0 amide bonds. The monoisotopic (exact) mass is 285 g/mol. The fraction of sp³-hybridized carbons (Fsp3) is 0.235. The molecule has 0 aliphatic rings. The van der Waals surface area contributed by atoms with Crippen molar-refractivity contribution in [3.8, 4) is 11.5 Å². The Kier molecular flexibility index (Phi) is 4.48. The predicted molar refractivity (Wildman–Crippen MR) is 82.8 cm³/mol. The zero-order valence-electron chi connectivity index (χ0n) is 12.5.